The predicted octanol–water partition coefficient (Wildman–Crippen LogP) is 2.54. The summed E-state index contributed by atoms with van der Waals surface area (Å²) in [6.07, 6.45) is 0. The highest BCUT2D eigenvalue weighted by Crippen LogP contribution is 2.22. The van der Waals surface area contributed by atoms with Gasteiger partial charge in [-0.1, -0.05) is 28.1 Å². The summed E-state index contributed by atoms with van der Waals surface area (Å²) in [7, 11) is 2.01. The molecule has 1 aromatic carbocycles. The van der Waals surface area contributed by atoms with Crippen LogP contribution in [-0.4, -0.2) is 25.0 Å². The second-order valence-electron chi connectivity index (χ2n) is 4.28. The van der Waals surface area contributed by atoms with Crippen molar-refractivity contribution >= 4 is 15.9 Å². The van der Waals surface area contributed by atoms with Gasteiger partial charge in [0, 0.05) is 23.6 Å². The van der Waals surface area contributed by atoms with Crippen molar-refractivity contribution in [3.63, 3.8) is 0 Å². The van der Waals surface area contributed by atoms with Crippen LogP contribution in [-0.2, 0) is 0 Å². The van der Waals surface area contributed by atoms with Crippen LogP contribution in [0.15, 0.2) is 28.7 Å². The molecule has 2 unspecified atom stereocenters. The Balaban J connectivity index is 2.81. The molecule has 0 saturated heterocycles. The fourth-order valence-electron chi connectivity index (χ4n) is 1.88. The highest BCUT2D eigenvalue weighted by Gasteiger charge is 2.17. The Labute approximate surface area is 111 Å². The van der Waals surface area contributed by atoms with Crippen LogP contribution in [0.5, 0.6) is 0 Å². The average Bonchev–Trinajstić information content (AvgIpc) is 2.30. The molecule has 0 fully saturated rings. The monoisotopic (exact) mass is 295 g/mol. The van der Waals surface area contributed by atoms with E-state index in [-0.39, 0.29) is 12.0 Å². The van der Waals surface area contributed by atoms with Gasteiger partial charge in [-0.25, -0.2) is 0 Å². The second kappa shape index (κ2) is 6.75. The number of rotatable bonds is 5. The van der Waals surface area contributed by atoms with Gasteiger partial charge in [-0.2, -0.15) is 5.26 Å². The van der Waals surface area contributed by atoms with Crippen molar-refractivity contribution in [1.82, 2.24) is 4.90 Å². The molecule has 0 aliphatic rings. The predicted molar refractivity (Wildman–Crippen MR) is 73.3 cm³/mol. The minimum Gasteiger partial charge on any atom is -0.329 e. The van der Waals surface area contributed by atoms with Crippen molar-refractivity contribution in [2.24, 2.45) is 11.7 Å². The lowest BCUT2D eigenvalue weighted by atomic mass is 10.0. The minimum atomic E-state index is 0.0150. The molecular formula is C13H18BrN3. The maximum Gasteiger partial charge on any atom is 0.0666 e. The van der Waals surface area contributed by atoms with Gasteiger partial charge in [0.25, 0.3) is 0 Å². The van der Waals surface area contributed by atoms with E-state index in [1.54, 1.807) is 0 Å². The first-order valence-corrected chi connectivity index (χ1v) is 6.43. The number of nitrogens with two attached hydrogens (primary N) is 1. The number of likely N-dealkylation sites (N-methyl/N-ethyl adjacent to an activating group) is 1. The molecule has 0 amide bonds. The quantitative estimate of drug-likeness (QED) is 0.908. The summed E-state index contributed by atoms with van der Waals surface area (Å²) < 4.78 is 1.05. The second-order valence-corrected chi connectivity index (χ2v) is 5.19. The first kappa shape index (κ1) is 14.2. The standard InChI is InChI=1S/C13H18BrN3/c1-10(7-15)9-17(2)13(8-16)11-4-3-5-12(14)6-11/h3-6,10,13H,8-9,16H2,1-2H3. The molecule has 0 aliphatic heterocycles. The van der Waals surface area contributed by atoms with Crippen LogP contribution in [0.25, 0.3) is 0 Å². The van der Waals surface area contributed by atoms with Crippen molar-refractivity contribution in [1.29, 1.82) is 5.26 Å². The van der Waals surface area contributed by atoms with Gasteiger partial charge in [0.05, 0.1) is 12.0 Å². The Morgan fingerprint density at radius 2 is 2.24 bits per heavy atom. The molecule has 0 aromatic heterocycles. The van der Waals surface area contributed by atoms with Crippen molar-refractivity contribution in [2.75, 3.05) is 20.1 Å². The minimum absolute atomic E-state index is 0.0150. The van der Waals surface area contributed by atoms with Crippen LogP contribution >= 0.6 is 15.9 Å². The van der Waals surface area contributed by atoms with E-state index in [2.05, 4.69) is 39.0 Å². The van der Waals surface area contributed by atoms with E-state index < -0.39 is 0 Å². The van der Waals surface area contributed by atoms with Gasteiger partial charge in [-0.3, -0.25) is 4.90 Å². The molecule has 0 radical (unpaired) electrons. The number of halogens is 1. The Morgan fingerprint density at radius 1 is 1.53 bits per heavy atom. The summed E-state index contributed by atoms with van der Waals surface area (Å²) in [6, 6.07) is 10.5. The molecule has 1 rings (SSSR count). The van der Waals surface area contributed by atoms with E-state index in [4.69, 9.17) is 11.0 Å². The van der Waals surface area contributed by atoms with Crippen molar-refractivity contribution < 1.29 is 0 Å². The van der Waals surface area contributed by atoms with E-state index in [9.17, 15) is 0 Å². The highest BCUT2D eigenvalue weighted by molar-refractivity contribution is 9.10. The molecule has 0 saturated carbocycles. The first-order valence-electron chi connectivity index (χ1n) is 5.64. The molecule has 4 heteroatoms. The molecule has 0 bridgehead atoms. The number of hydrogen-bond donors (Lipinski definition) is 1. The van der Waals surface area contributed by atoms with Crippen LogP contribution in [0.3, 0.4) is 0 Å². The Morgan fingerprint density at radius 3 is 2.76 bits per heavy atom. The largest absolute Gasteiger partial charge is 0.329 e. The highest BCUT2D eigenvalue weighted by atomic mass is 79.9. The summed E-state index contributed by atoms with van der Waals surface area (Å²) in [5, 5.41) is 8.84. The molecule has 92 valence electrons. The van der Waals surface area contributed by atoms with E-state index in [1.165, 1.54) is 5.56 Å². The molecule has 2 N–H and O–H groups in total. The smallest absolute Gasteiger partial charge is 0.0666 e. The first-order chi connectivity index (χ1) is 8.08. The van der Waals surface area contributed by atoms with Crippen molar-refractivity contribution in [2.45, 2.75) is 13.0 Å². The normalized spacial score (nSPS) is 14.4. The van der Waals surface area contributed by atoms with Crippen LogP contribution in [0.2, 0.25) is 0 Å². The van der Waals surface area contributed by atoms with Gasteiger partial charge < -0.3 is 5.73 Å². The maximum absolute atomic E-state index is 8.84. The summed E-state index contributed by atoms with van der Waals surface area (Å²) in [5.74, 6) is 0.0150. The Kier molecular flexibility index (Phi) is 5.63. The van der Waals surface area contributed by atoms with E-state index in [0.717, 1.165) is 11.0 Å². The molecule has 2 atom stereocenters. The number of nitrogens with zero attached hydrogens (tertiary/aromatic N) is 2. The van der Waals surface area contributed by atoms with Gasteiger partial charge in [0.15, 0.2) is 0 Å². The van der Waals surface area contributed by atoms with Gasteiger partial charge in [0.1, 0.15) is 0 Å². The summed E-state index contributed by atoms with van der Waals surface area (Å²) >= 11 is 3.46. The van der Waals surface area contributed by atoms with Crippen LogP contribution < -0.4 is 5.73 Å². The van der Waals surface area contributed by atoms with Gasteiger partial charge in [0.2, 0.25) is 0 Å². The van der Waals surface area contributed by atoms with Gasteiger partial charge in [-0.15, -0.1) is 0 Å². The molecule has 3 nitrogen and oxygen atoms in total. The van der Waals surface area contributed by atoms with E-state index >= 15 is 0 Å². The number of hydrogen-bond acceptors (Lipinski definition) is 3. The molecule has 0 aliphatic carbocycles. The zero-order valence-corrected chi connectivity index (χ0v) is 11.8. The number of nitriles is 1. The molecule has 1 aromatic rings. The van der Waals surface area contributed by atoms with Gasteiger partial charge in [-0.05, 0) is 31.7 Å². The molecule has 17 heavy (non-hydrogen) atoms. The average molecular weight is 296 g/mol. The van der Waals surface area contributed by atoms with E-state index in [0.29, 0.717) is 6.54 Å². The third kappa shape index (κ3) is 4.12. The third-order valence-electron chi connectivity index (χ3n) is 2.77. The summed E-state index contributed by atoms with van der Waals surface area (Å²) in [5.41, 5.74) is 7.01. The maximum atomic E-state index is 8.84. The molecule has 0 spiro atoms. The third-order valence-corrected chi connectivity index (χ3v) is 3.26. The van der Waals surface area contributed by atoms with Gasteiger partial charge >= 0.3 is 0 Å². The van der Waals surface area contributed by atoms with Crippen LogP contribution in [0.1, 0.15) is 18.5 Å². The zero-order valence-electron chi connectivity index (χ0n) is 10.2. The fourth-order valence-corrected chi connectivity index (χ4v) is 2.30. The lowest BCUT2D eigenvalue weighted by Crippen LogP contribution is -2.33. The lowest BCUT2D eigenvalue weighted by molar-refractivity contribution is 0.233. The molecule has 0 heterocycles. The zero-order chi connectivity index (χ0) is 12.8. The topological polar surface area (TPSA) is 53.0 Å². The lowest BCUT2D eigenvalue weighted by Gasteiger charge is -2.28. The number of benzene rings is 1. The Bertz CT molecular complexity index is 400. The fraction of sp³-hybridized carbons (Fsp3) is 0.462. The van der Waals surface area contributed by atoms with Crippen LogP contribution in [0, 0.1) is 17.2 Å². The molecular weight excluding hydrogens is 278 g/mol. The summed E-state index contributed by atoms with van der Waals surface area (Å²) in [6.45, 7) is 3.20. The van der Waals surface area contributed by atoms with Crippen molar-refractivity contribution in [3.8, 4) is 6.07 Å². The van der Waals surface area contributed by atoms with E-state index in [1.807, 2.05) is 26.1 Å². The Hall–Kier alpha value is -0.890. The SMILES string of the molecule is CC(C#N)CN(C)C(CN)c1cccc(Br)c1. The van der Waals surface area contributed by atoms with Crippen molar-refractivity contribution in [3.05, 3.63) is 34.3 Å². The summed E-state index contributed by atoms with van der Waals surface area (Å²) in [4.78, 5) is 2.13. The van der Waals surface area contributed by atoms with Crippen LogP contribution in [0.4, 0.5) is 0 Å².